The van der Waals surface area contributed by atoms with Gasteiger partial charge in [-0.2, -0.15) is 0 Å². The van der Waals surface area contributed by atoms with E-state index in [4.69, 9.17) is 42.1 Å². The number of hydrogen-bond acceptors (Lipinski definition) is 8. The molecule has 2 aliphatic rings. The van der Waals surface area contributed by atoms with E-state index in [1.165, 1.54) is 26.4 Å². The topological polar surface area (TPSA) is 157 Å². The predicted octanol–water partition coefficient (Wildman–Crippen LogP) is 6.80. The zero-order valence-electron chi connectivity index (χ0n) is 28.6. The van der Waals surface area contributed by atoms with Crippen LogP contribution in [0.3, 0.4) is 0 Å². The molecule has 0 saturated heterocycles. The van der Waals surface area contributed by atoms with Crippen LogP contribution in [-0.2, 0) is 36.9 Å². The highest BCUT2D eigenvalue weighted by molar-refractivity contribution is 14.1. The van der Waals surface area contributed by atoms with Crippen molar-refractivity contribution in [1.82, 2.24) is 20.9 Å². The Morgan fingerprint density at radius 3 is 2.26 bits per heavy atom. The highest BCUT2D eigenvalue weighted by atomic mass is 127. The van der Waals surface area contributed by atoms with Crippen LogP contribution in [0.25, 0.3) is 22.0 Å². The summed E-state index contributed by atoms with van der Waals surface area (Å²) in [5, 5.41) is 9.11. The molecule has 2 aliphatic heterocycles. The fourth-order valence-corrected chi connectivity index (χ4v) is 7.70. The summed E-state index contributed by atoms with van der Waals surface area (Å²) in [6.45, 7) is -0.0395. The van der Waals surface area contributed by atoms with E-state index in [2.05, 4.69) is 43.5 Å². The van der Waals surface area contributed by atoms with Gasteiger partial charge >= 0.3 is 12.1 Å². The minimum Gasteiger partial charge on any atom is -0.495 e. The van der Waals surface area contributed by atoms with E-state index in [1.54, 1.807) is 37.6 Å². The molecule has 274 valence electrons. The largest absolute Gasteiger partial charge is 0.495 e. The van der Waals surface area contributed by atoms with Crippen LogP contribution >= 0.6 is 45.8 Å². The van der Waals surface area contributed by atoms with Crippen molar-refractivity contribution in [2.45, 2.75) is 31.2 Å². The number of fused-ring (bicyclic) bond motifs is 8. The lowest BCUT2D eigenvalue weighted by molar-refractivity contribution is -0.145. The molecule has 0 aliphatic carbocycles. The first-order valence-corrected chi connectivity index (χ1v) is 18.0. The number of carbonyl (C=O) groups is 4. The Balaban J connectivity index is 1.49. The number of amides is 3. The number of nitrogens with one attached hydrogen (secondary N) is 4. The fourth-order valence-electron chi connectivity index (χ4n) is 6.17. The number of carbonyl (C=O) groups excluding carboxylic acids is 4. The second-order valence-electron chi connectivity index (χ2n) is 12.0. The van der Waals surface area contributed by atoms with Crippen molar-refractivity contribution in [3.8, 4) is 22.6 Å². The molecule has 3 amide bonds. The first-order chi connectivity index (χ1) is 25.5. The lowest BCUT2D eigenvalue weighted by atomic mass is 9.95. The maximum absolute atomic E-state index is 14.4. The number of H-pyrrole nitrogens is 1. The Kier molecular flexibility index (Phi) is 11.6. The molecule has 0 spiro atoms. The quantitative estimate of drug-likeness (QED) is 0.103. The first-order valence-electron chi connectivity index (χ1n) is 16.2. The van der Waals surface area contributed by atoms with Gasteiger partial charge in [0.25, 0.3) is 0 Å². The van der Waals surface area contributed by atoms with Crippen LogP contribution in [0.4, 0.5) is 4.79 Å². The van der Waals surface area contributed by atoms with Gasteiger partial charge in [-0.25, -0.2) is 9.59 Å². The third-order valence-corrected chi connectivity index (χ3v) is 10.1. The van der Waals surface area contributed by atoms with Gasteiger partial charge in [0.1, 0.15) is 24.4 Å². The van der Waals surface area contributed by atoms with Gasteiger partial charge in [-0.1, -0.05) is 65.7 Å². The summed E-state index contributed by atoms with van der Waals surface area (Å²) in [4.78, 5) is 58.5. The summed E-state index contributed by atoms with van der Waals surface area (Å²) in [6, 6.07) is 17.0. The number of aromatic amines is 1. The minimum absolute atomic E-state index is 0.00553. The smallest absolute Gasteiger partial charge is 0.408 e. The Bertz CT molecular complexity index is 2190. The van der Waals surface area contributed by atoms with Crippen LogP contribution in [-0.4, -0.2) is 56.2 Å². The second kappa shape index (κ2) is 16.4. The third-order valence-electron chi connectivity index (χ3n) is 8.76. The molecule has 6 bridgehead atoms. The number of aromatic nitrogens is 1. The summed E-state index contributed by atoms with van der Waals surface area (Å²) in [7, 11) is 4.14. The number of methoxy groups -OCH3 is 3. The van der Waals surface area contributed by atoms with Crippen LogP contribution in [0, 0.1) is 3.57 Å². The number of ether oxygens (including phenoxy) is 4. The number of rotatable bonds is 7. The molecule has 4 N–H and O–H groups in total. The summed E-state index contributed by atoms with van der Waals surface area (Å²) in [6.07, 6.45) is 0.904. The van der Waals surface area contributed by atoms with Crippen LogP contribution in [0.2, 0.25) is 10.0 Å². The predicted molar refractivity (Wildman–Crippen MR) is 207 cm³/mol. The van der Waals surface area contributed by atoms with Crippen molar-refractivity contribution in [3.05, 3.63) is 115 Å². The molecule has 15 heteroatoms. The van der Waals surface area contributed by atoms with Crippen molar-refractivity contribution >= 4 is 80.6 Å². The SMILES string of the molecule is COC(=O)[C@@H]1NC(=O)[C@@H](c2cc(Cl)c(OC)c(Cl)c2)NC(=O)[C@H](NC(=O)OCc2ccccc2)Cc2c[nH]c3cc(ccc23)-c2cc1cc(I)c2OC. The van der Waals surface area contributed by atoms with Crippen LogP contribution in [0.15, 0.2) is 79.0 Å². The minimum atomic E-state index is -1.48. The summed E-state index contributed by atoms with van der Waals surface area (Å²) in [5.74, 6) is -1.59. The Hall–Kier alpha value is -4.99. The molecule has 0 unspecified atom stereocenters. The molecule has 1 aromatic heterocycles. The van der Waals surface area contributed by atoms with Gasteiger partial charge in [0.05, 0.1) is 34.9 Å². The van der Waals surface area contributed by atoms with E-state index in [0.717, 1.165) is 22.0 Å². The standard InChI is InChI=1S/C38H33Cl2IN4O8/c1-50-33-25-11-21(14-28(33)41)32(37(48)52-3)45-36(47)31(22-12-26(39)34(51-2)27(40)13-22)44-35(46)30(43-38(49)53-18-19-7-5-4-6-8-19)16-23-17-42-29-15-20(25)9-10-24(23)29/h4-15,17,30-32,42H,16,18H2,1-3H3,(H,43,49)(H,44,46)(H,45,47)/t30-,31-,32-/m1/s1. The number of alkyl carbamates (subject to hydrolysis) is 1. The number of halogens is 3. The summed E-state index contributed by atoms with van der Waals surface area (Å²) < 4.78 is 22.4. The second-order valence-corrected chi connectivity index (χ2v) is 14.0. The van der Waals surface area contributed by atoms with E-state index < -0.39 is 42.0 Å². The highest BCUT2D eigenvalue weighted by Gasteiger charge is 2.34. The lowest BCUT2D eigenvalue weighted by Gasteiger charge is -2.26. The van der Waals surface area contributed by atoms with E-state index in [9.17, 15) is 19.2 Å². The zero-order valence-corrected chi connectivity index (χ0v) is 32.2. The molecule has 7 rings (SSSR count). The molecule has 3 heterocycles. The van der Waals surface area contributed by atoms with Gasteiger partial charge in [-0.15, -0.1) is 0 Å². The van der Waals surface area contributed by atoms with Crippen LogP contribution < -0.4 is 25.4 Å². The van der Waals surface area contributed by atoms with E-state index >= 15 is 0 Å². The Morgan fingerprint density at radius 2 is 1.58 bits per heavy atom. The molecular formula is C38H33Cl2IN4O8. The van der Waals surface area contributed by atoms with E-state index in [-0.39, 0.29) is 34.4 Å². The maximum atomic E-state index is 14.4. The van der Waals surface area contributed by atoms with Crippen LogP contribution in [0.5, 0.6) is 11.5 Å². The van der Waals surface area contributed by atoms with Crippen molar-refractivity contribution in [1.29, 1.82) is 0 Å². The van der Waals surface area contributed by atoms with Crippen molar-refractivity contribution in [2.75, 3.05) is 21.3 Å². The molecule has 3 atom stereocenters. The van der Waals surface area contributed by atoms with Gasteiger partial charge in [-0.05, 0) is 80.7 Å². The molecule has 12 nitrogen and oxygen atoms in total. The van der Waals surface area contributed by atoms with Gasteiger partial charge in [0.15, 0.2) is 11.8 Å². The fraction of sp³-hybridized carbons (Fsp3) is 0.211. The highest BCUT2D eigenvalue weighted by Crippen LogP contribution is 2.40. The molecule has 0 radical (unpaired) electrons. The van der Waals surface area contributed by atoms with Gasteiger partial charge in [0, 0.05) is 29.1 Å². The Labute approximate surface area is 327 Å². The number of hydrogen-bond donors (Lipinski definition) is 4. The van der Waals surface area contributed by atoms with Crippen molar-refractivity contribution in [2.24, 2.45) is 0 Å². The third kappa shape index (κ3) is 8.16. The lowest BCUT2D eigenvalue weighted by Crippen LogP contribution is -2.52. The molecule has 5 aromatic rings. The molecule has 0 fully saturated rings. The summed E-state index contributed by atoms with van der Waals surface area (Å²) >= 11 is 15.1. The van der Waals surface area contributed by atoms with E-state index in [1.807, 2.05) is 36.4 Å². The molecule has 0 saturated carbocycles. The zero-order chi connectivity index (χ0) is 37.8. The number of esters is 1. The van der Waals surface area contributed by atoms with Gasteiger partial charge < -0.3 is 39.9 Å². The van der Waals surface area contributed by atoms with Crippen molar-refractivity contribution < 1.29 is 38.1 Å². The monoisotopic (exact) mass is 870 g/mol. The van der Waals surface area contributed by atoms with E-state index in [0.29, 0.717) is 26.0 Å². The maximum Gasteiger partial charge on any atom is 0.408 e. The van der Waals surface area contributed by atoms with Crippen molar-refractivity contribution in [3.63, 3.8) is 0 Å². The van der Waals surface area contributed by atoms with Gasteiger partial charge in [-0.3, -0.25) is 9.59 Å². The summed E-state index contributed by atoms with van der Waals surface area (Å²) in [5.41, 5.74) is 4.17. The first kappa shape index (κ1) is 37.8. The van der Waals surface area contributed by atoms with Gasteiger partial charge in [0.2, 0.25) is 11.8 Å². The molecule has 4 aromatic carbocycles. The normalized spacial score (nSPS) is 17.2. The average molecular weight is 872 g/mol. The number of benzene rings is 4. The molecular weight excluding hydrogens is 838 g/mol. The Morgan fingerprint density at radius 1 is 0.868 bits per heavy atom. The average Bonchev–Trinajstić information content (AvgIpc) is 3.55. The molecule has 53 heavy (non-hydrogen) atoms. The van der Waals surface area contributed by atoms with Crippen LogP contribution in [0.1, 0.15) is 34.3 Å².